The highest BCUT2D eigenvalue weighted by atomic mass is 35.5. The summed E-state index contributed by atoms with van der Waals surface area (Å²) in [5, 5.41) is 11.6. The van der Waals surface area contributed by atoms with Crippen molar-refractivity contribution in [2.75, 3.05) is 11.1 Å². The van der Waals surface area contributed by atoms with Crippen LogP contribution in [0, 0.1) is 13.8 Å². The Hall–Kier alpha value is -2.51. The van der Waals surface area contributed by atoms with Crippen LogP contribution >= 0.6 is 23.4 Å². The summed E-state index contributed by atoms with van der Waals surface area (Å²) in [5.74, 6) is 1.02. The third-order valence-corrected chi connectivity index (χ3v) is 4.81. The summed E-state index contributed by atoms with van der Waals surface area (Å²) < 4.78 is 11.0. The lowest BCUT2D eigenvalue weighted by molar-refractivity contribution is -0.113. The van der Waals surface area contributed by atoms with Crippen molar-refractivity contribution in [2.24, 2.45) is 0 Å². The third-order valence-electron chi connectivity index (χ3n) is 3.74. The van der Waals surface area contributed by atoms with E-state index in [-0.39, 0.29) is 18.3 Å². The van der Waals surface area contributed by atoms with Gasteiger partial charge in [-0.2, -0.15) is 0 Å². The molecule has 0 radical (unpaired) electrons. The number of carbonyl (C=O) groups is 1. The smallest absolute Gasteiger partial charge is 0.277 e. The van der Waals surface area contributed by atoms with Crippen molar-refractivity contribution in [3.63, 3.8) is 0 Å². The maximum atomic E-state index is 12.1. The summed E-state index contributed by atoms with van der Waals surface area (Å²) in [6.07, 6.45) is 0. The van der Waals surface area contributed by atoms with Crippen LogP contribution in [-0.4, -0.2) is 21.9 Å². The SMILES string of the molecule is Cc1ccc(NC(=O)CSc2nnc(COc3ccc(Cl)cc3)o2)cc1C. The number of thioether (sulfide) groups is 1. The molecule has 0 unspecified atom stereocenters. The van der Waals surface area contributed by atoms with Crippen LogP contribution < -0.4 is 10.1 Å². The van der Waals surface area contributed by atoms with Gasteiger partial charge in [-0.05, 0) is 61.4 Å². The van der Waals surface area contributed by atoms with Crippen LogP contribution in [0.1, 0.15) is 17.0 Å². The predicted molar refractivity (Wildman–Crippen MR) is 105 cm³/mol. The number of aryl methyl sites for hydroxylation is 2. The van der Waals surface area contributed by atoms with E-state index in [0.717, 1.165) is 11.3 Å². The monoisotopic (exact) mass is 403 g/mol. The van der Waals surface area contributed by atoms with E-state index in [1.807, 2.05) is 32.0 Å². The Kier molecular flexibility index (Phi) is 6.36. The highest BCUT2D eigenvalue weighted by Gasteiger charge is 2.11. The van der Waals surface area contributed by atoms with E-state index in [9.17, 15) is 4.79 Å². The molecule has 1 heterocycles. The maximum absolute atomic E-state index is 12.1. The number of carbonyl (C=O) groups excluding carboxylic acids is 1. The van der Waals surface area contributed by atoms with Gasteiger partial charge in [-0.1, -0.05) is 29.4 Å². The van der Waals surface area contributed by atoms with E-state index < -0.39 is 0 Å². The average Bonchev–Trinajstić information content (AvgIpc) is 3.11. The molecule has 3 rings (SSSR count). The van der Waals surface area contributed by atoms with Gasteiger partial charge in [0, 0.05) is 10.7 Å². The predicted octanol–water partition coefficient (Wildman–Crippen LogP) is 4.65. The van der Waals surface area contributed by atoms with Gasteiger partial charge in [0.2, 0.25) is 5.91 Å². The second kappa shape index (κ2) is 8.92. The first kappa shape index (κ1) is 19.3. The van der Waals surface area contributed by atoms with Gasteiger partial charge in [-0.3, -0.25) is 4.79 Å². The van der Waals surface area contributed by atoms with E-state index in [4.69, 9.17) is 20.8 Å². The van der Waals surface area contributed by atoms with Gasteiger partial charge >= 0.3 is 0 Å². The molecule has 0 bridgehead atoms. The van der Waals surface area contributed by atoms with Crippen molar-refractivity contribution < 1.29 is 13.9 Å². The second-order valence-electron chi connectivity index (χ2n) is 5.84. The average molecular weight is 404 g/mol. The maximum Gasteiger partial charge on any atom is 0.277 e. The Morgan fingerprint density at radius 2 is 1.93 bits per heavy atom. The van der Waals surface area contributed by atoms with E-state index in [0.29, 0.717) is 21.9 Å². The van der Waals surface area contributed by atoms with E-state index >= 15 is 0 Å². The zero-order valence-electron chi connectivity index (χ0n) is 14.9. The zero-order valence-corrected chi connectivity index (χ0v) is 16.4. The van der Waals surface area contributed by atoms with Gasteiger partial charge in [0.25, 0.3) is 11.1 Å². The van der Waals surface area contributed by atoms with Gasteiger partial charge in [0.15, 0.2) is 6.61 Å². The summed E-state index contributed by atoms with van der Waals surface area (Å²) in [5.41, 5.74) is 3.08. The van der Waals surface area contributed by atoms with Crippen molar-refractivity contribution in [3.05, 3.63) is 64.5 Å². The molecular weight excluding hydrogens is 386 g/mol. The molecule has 0 aliphatic carbocycles. The number of aromatic nitrogens is 2. The number of benzene rings is 2. The number of hydrogen-bond acceptors (Lipinski definition) is 6. The van der Waals surface area contributed by atoms with E-state index in [1.54, 1.807) is 24.3 Å². The van der Waals surface area contributed by atoms with Crippen molar-refractivity contribution in [1.82, 2.24) is 10.2 Å². The minimum Gasteiger partial charge on any atom is -0.484 e. The summed E-state index contributed by atoms with van der Waals surface area (Å²) >= 11 is 7.00. The van der Waals surface area contributed by atoms with Crippen LogP contribution in [0.4, 0.5) is 5.69 Å². The molecule has 0 aliphatic heterocycles. The number of amides is 1. The fraction of sp³-hybridized carbons (Fsp3) is 0.211. The van der Waals surface area contributed by atoms with Crippen LogP contribution in [0.5, 0.6) is 5.75 Å². The third kappa shape index (κ3) is 5.74. The number of nitrogens with one attached hydrogen (secondary N) is 1. The first-order valence-corrected chi connectivity index (χ1v) is 9.56. The van der Waals surface area contributed by atoms with E-state index in [2.05, 4.69) is 15.5 Å². The quantitative estimate of drug-likeness (QED) is 0.578. The molecule has 8 heteroatoms. The van der Waals surface area contributed by atoms with Crippen LogP contribution in [0.2, 0.25) is 5.02 Å². The summed E-state index contributed by atoms with van der Waals surface area (Å²) in [7, 11) is 0. The van der Waals surface area contributed by atoms with Crippen molar-refractivity contribution in [3.8, 4) is 5.75 Å². The Morgan fingerprint density at radius 3 is 2.67 bits per heavy atom. The number of ether oxygens (including phenoxy) is 1. The number of anilines is 1. The molecule has 2 aromatic carbocycles. The van der Waals surface area contributed by atoms with Crippen LogP contribution in [-0.2, 0) is 11.4 Å². The highest BCUT2D eigenvalue weighted by Crippen LogP contribution is 2.20. The molecular formula is C19H18ClN3O3S. The van der Waals surface area contributed by atoms with Crippen molar-refractivity contribution >= 4 is 35.0 Å². The minimum atomic E-state index is -0.139. The molecule has 1 N–H and O–H groups in total. The van der Waals surface area contributed by atoms with Gasteiger partial charge in [-0.15, -0.1) is 10.2 Å². The fourth-order valence-electron chi connectivity index (χ4n) is 2.17. The lowest BCUT2D eigenvalue weighted by Crippen LogP contribution is -2.14. The second-order valence-corrected chi connectivity index (χ2v) is 7.20. The number of halogens is 1. The van der Waals surface area contributed by atoms with Gasteiger partial charge < -0.3 is 14.5 Å². The zero-order chi connectivity index (χ0) is 19.2. The fourth-order valence-corrected chi connectivity index (χ4v) is 2.88. The van der Waals surface area contributed by atoms with Crippen LogP contribution in [0.15, 0.2) is 52.1 Å². The number of nitrogens with zero attached hydrogens (tertiary/aromatic N) is 2. The molecule has 3 aromatic rings. The Bertz CT molecular complexity index is 928. The molecule has 0 saturated heterocycles. The largest absolute Gasteiger partial charge is 0.484 e. The van der Waals surface area contributed by atoms with Gasteiger partial charge in [0.1, 0.15) is 5.75 Å². The topological polar surface area (TPSA) is 77.2 Å². The molecule has 1 aromatic heterocycles. The van der Waals surface area contributed by atoms with Crippen molar-refractivity contribution in [1.29, 1.82) is 0 Å². The first-order chi connectivity index (χ1) is 13.0. The molecule has 140 valence electrons. The summed E-state index contributed by atoms with van der Waals surface area (Å²) in [4.78, 5) is 12.1. The van der Waals surface area contributed by atoms with Gasteiger partial charge in [0.05, 0.1) is 5.75 Å². The molecule has 1 amide bonds. The molecule has 6 nitrogen and oxygen atoms in total. The Labute approximate surface area is 166 Å². The lowest BCUT2D eigenvalue weighted by atomic mass is 10.1. The number of rotatable bonds is 7. The Balaban J connectivity index is 1.46. The minimum absolute atomic E-state index is 0.139. The van der Waals surface area contributed by atoms with Crippen LogP contribution in [0.25, 0.3) is 0 Å². The standard InChI is InChI=1S/C19H18ClN3O3S/c1-12-3-6-15(9-13(12)2)21-17(24)11-27-19-23-22-18(26-19)10-25-16-7-4-14(20)5-8-16/h3-9H,10-11H2,1-2H3,(H,21,24). The summed E-state index contributed by atoms with van der Waals surface area (Å²) in [6.45, 7) is 4.18. The first-order valence-electron chi connectivity index (χ1n) is 8.20. The highest BCUT2D eigenvalue weighted by molar-refractivity contribution is 7.99. The molecule has 27 heavy (non-hydrogen) atoms. The van der Waals surface area contributed by atoms with Crippen molar-refractivity contribution in [2.45, 2.75) is 25.7 Å². The van der Waals surface area contributed by atoms with E-state index in [1.165, 1.54) is 17.3 Å². The Morgan fingerprint density at radius 1 is 1.15 bits per heavy atom. The molecule has 0 aliphatic rings. The molecule has 0 atom stereocenters. The molecule has 0 spiro atoms. The van der Waals surface area contributed by atoms with Crippen LogP contribution in [0.3, 0.4) is 0 Å². The van der Waals surface area contributed by atoms with Gasteiger partial charge in [-0.25, -0.2) is 0 Å². The lowest BCUT2D eigenvalue weighted by Gasteiger charge is -2.06. The molecule has 0 fully saturated rings. The normalized spacial score (nSPS) is 10.6. The number of hydrogen-bond donors (Lipinski definition) is 1. The summed E-state index contributed by atoms with van der Waals surface area (Å²) in [6, 6.07) is 12.8. The molecule has 0 saturated carbocycles.